The Labute approximate surface area is 107 Å². The van der Waals surface area contributed by atoms with E-state index in [0.29, 0.717) is 17.3 Å². The Kier molecular flexibility index (Phi) is 3.30. The van der Waals surface area contributed by atoms with Crippen molar-refractivity contribution in [2.75, 3.05) is 11.1 Å². The zero-order valence-electron chi connectivity index (χ0n) is 8.85. The van der Waals surface area contributed by atoms with Crippen LogP contribution < -0.4 is 11.1 Å². The molecular weight excluding hydrogens is 265 g/mol. The molecule has 0 aliphatic carbocycles. The van der Waals surface area contributed by atoms with Gasteiger partial charge in [-0.3, -0.25) is 4.68 Å². The normalized spacial score (nSPS) is 10.5. The topological polar surface area (TPSA) is 94.5 Å². The summed E-state index contributed by atoms with van der Waals surface area (Å²) in [5, 5.41) is 7.66. The molecule has 2 aromatic heterocycles. The van der Waals surface area contributed by atoms with Crippen molar-refractivity contribution in [1.29, 1.82) is 0 Å². The van der Waals surface area contributed by atoms with Gasteiger partial charge in [-0.15, -0.1) is 0 Å². The van der Waals surface area contributed by atoms with Gasteiger partial charge in [0.1, 0.15) is 5.69 Å². The molecule has 0 spiro atoms. The number of aromatic nitrogens is 5. The number of nitrogens with two attached hydrogens (primary N) is 1. The average Bonchev–Trinajstić information content (AvgIpc) is 2.53. The molecule has 0 saturated carbocycles. The molecule has 0 fully saturated rings. The van der Waals surface area contributed by atoms with Gasteiger partial charge in [-0.05, 0) is 11.6 Å². The second-order valence-electron chi connectivity index (χ2n) is 3.24. The lowest BCUT2D eigenvalue weighted by Crippen LogP contribution is -2.08. The van der Waals surface area contributed by atoms with Gasteiger partial charge in [0, 0.05) is 13.2 Å². The summed E-state index contributed by atoms with van der Waals surface area (Å²) in [6, 6.07) is 0. The van der Waals surface area contributed by atoms with Crippen LogP contribution in [-0.2, 0) is 13.6 Å². The van der Waals surface area contributed by atoms with Crippen molar-refractivity contribution in [2.45, 2.75) is 6.54 Å². The summed E-state index contributed by atoms with van der Waals surface area (Å²) in [7, 11) is 1.78. The van der Waals surface area contributed by atoms with E-state index in [1.807, 2.05) is 0 Å². The molecule has 0 aromatic carbocycles. The lowest BCUT2D eigenvalue weighted by atomic mass is 10.4. The van der Waals surface area contributed by atoms with Crippen LogP contribution in [0, 0.1) is 0 Å². The number of rotatable bonds is 3. The van der Waals surface area contributed by atoms with Crippen molar-refractivity contribution in [3.05, 3.63) is 22.2 Å². The van der Waals surface area contributed by atoms with Crippen LogP contribution in [-0.4, -0.2) is 24.7 Å². The van der Waals surface area contributed by atoms with Gasteiger partial charge in [0.15, 0.2) is 0 Å². The third-order valence-electron chi connectivity index (χ3n) is 1.89. The van der Waals surface area contributed by atoms with Crippen molar-refractivity contribution in [1.82, 2.24) is 24.7 Å². The van der Waals surface area contributed by atoms with Gasteiger partial charge in [0.05, 0.1) is 11.6 Å². The summed E-state index contributed by atoms with van der Waals surface area (Å²) >= 11 is 11.6. The van der Waals surface area contributed by atoms with Crippen molar-refractivity contribution >= 4 is 35.1 Å². The fraction of sp³-hybridized carbons (Fsp3) is 0.250. The van der Waals surface area contributed by atoms with E-state index in [1.165, 1.54) is 0 Å². The van der Waals surface area contributed by atoms with Crippen LogP contribution in [0.15, 0.2) is 6.20 Å². The van der Waals surface area contributed by atoms with E-state index in [4.69, 9.17) is 28.9 Å². The largest absolute Gasteiger partial charge is 0.368 e. The molecule has 0 unspecified atom stereocenters. The van der Waals surface area contributed by atoms with Crippen molar-refractivity contribution < 1.29 is 0 Å². The first kappa shape index (κ1) is 11.9. The maximum atomic E-state index is 5.95. The Morgan fingerprint density at radius 1 is 1.35 bits per heavy atom. The Bertz CT molecular complexity index is 518. The molecule has 17 heavy (non-hydrogen) atoms. The van der Waals surface area contributed by atoms with Crippen molar-refractivity contribution in [3.63, 3.8) is 0 Å². The number of hydrogen-bond donors (Lipinski definition) is 2. The van der Waals surface area contributed by atoms with Crippen molar-refractivity contribution in [3.8, 4) is 0 Å². The fourth-order valence-electron chi connectivity index (χ4n) is 1.23. The van der Waals surface area contributed by atoms with E-state index in [0.717, 1.165) is 0 Å². The second-order valence-corrected chi connectivity index (χ2v) is 3.98. The minimum atomic E-state index is 0.0344. The average molecular weight is 274 g/mol. The number of anilines is 2. The molecule has 0 radical (unpaired) electrons. The molecule has 0 aliphatic heterocycles. The van der Waals surface area contributed by atoms with Crippen LogP contribution in [0.25, 0.3) is 0 Å². The number of hydrogen-bond acceptors (Lipinski definition) is 6. The van der Waals surface area contributed by atoms with Gasteiger partial charge in [-0.25, -0.2) is 0 Å². The maximum Gasteiger partial charge on any atom is 0.229 e. The Morgan fingerprint density at radius 2 is 2.12 bits per heavy atom. The molecular formula is C8H9Cl2N7. The summed E-state index contributed by atoms with van der Waals surface area (Å²) < 4.78 is 1.62. The lowest BCUT2D eigenvalue weighted by Gasteiger charge is -2.03. The summed E-state index contributed by atoms with van der Waals surface area (Å²) in [4.78, 5) is 11.4. The van der Waals surface area contributed by atoms with E-state index < -0.39 is 0 Å². The lowest BCUT2D eigenvalue weighted by molar-refractivity contribution is 0.746. The fourth-order valence-corrected chi connectivity index (χ4v) is 1.65. The first-order valence-electron chi connectivity index (χ1n) is 4.63. The zero-order valence-corrected chi connectivity index (χ0v) is 10.4. The molecule has 0 aliphatic rings. The molecule has 3 N–H and O–H groups in total. The summed E-state index contributed by atoms with van der Waals surface area (Å²) in [5.74, 6) is 0.337. The molecule has 0 atom stereocenters. The minimum absolute atomic E-state index is 0.0344. The molecule has 90 valence electrons. The number of aryl methyl sites for hydroxylation is 1. The number of nitrogens with one attached hydrogen (secondary N) is 1. The number of halogens is 2. The highest BCUT2D eigenvalue weighted by atomic mass is 35.5. The Balaban J connectivity index is 2.09. The van der Waals surface area contributed by atoms with Gasteiger partial charge in [0.2, 0.25) is 17.2 Å². The van der Waals surface area contributed by atoms with Gasteiger partial charge in [-0.1, -0.05) is 11.6 Å². The van der Waals surface area contributed by atoms with Crippen LogP contribution in [0.5, 0.6) is 0 Å². The minimum Gasteiger partial charge on any atom is -0.368 e. The molecule has 7 nitrogen and oxygen atoms in total. The quantitative estimate of drug-likeness (QED) is 0.870. The van der Waals surface area contributed by atoms with E-state index in [9.17, 15) is 0 Å². The highest BCUT2D eigenvalue weighted by Gasteiger charge is 2.07. The summed E-state index contributed by atoms with van der Waals surface area (Å²) in [6.45, 7) is 0.374. The Morgan fingerprint density at radius 3 is 2.71 bits per heavy atom. The van der Waals surface area contributed by atoms with E-state index in [-0.39, 0.29) is 17.2 Å². The third-order valence-corrected chi connectivity index (χ3v) is 2.38. The van der Waals surface area contributed by atoms with E-state index in [2.05, 4.69) is 25.4 Å². The molecule has 0 saturated heterocycles. The molecule has 0 bridgehead atoms. The Hall–Kier alpha value is -1.60. The zero-order chi connectivity index (χ0) is 12.4. The van der Waals surface area contributed by atoms with E-state index in [1.54, 1.807) is 17.9 Å². The summed E-state index contributed by atoms with van der Waals surface area (Å²) in [6.07, 6.45) is 1.70. The molecule has 2 heterocycles. The van der Waals surface area contributed by atoms with Gasteiger partial charge >= 0.3 is 0 Å². The standard InChI is InChI=1S/C8H9Cl2N7/c1-17-3-4(9)5(16-17)2-12-8-14-6(10)13-7(11)15-8/h3H,2H2,1H3,(H3,11,12,13,14,15). The van der Waals surface area contributed by atoms with Crippen LogP contribution in [0.2, 0.25) is 10.3 Å². The SMILES string of the molecule is Cn1cc(Cl)c(CNc2nc(N)nc(Cl)n2)n1. The number of nitrogen functional groups attached to an aromatic ring is 1. The van der Waals surface area contributed by atoms with E-state index >= 15 is 0 Å². The van der Waals surface area contributed by atoms with Crippen LogP contribution in [0.3, 0.4) is 0 Å². The molecule has 9 heteroatoms. The second kappa shape index (κ2) is 4.72. The predicted octanol–water partition coefficient (Wildman–Crippen LogP) is 1.11. The predicted molar refractivity (Wildman–Crippen MR) is 64.8 cm³/mol. The van der Waals surface area contributed by atoms with Gasteiger partial charge in [0.25, 0.3) is 0 Å². The highest BCUT2D eigenvalue weighted by Crippen LogP contribution is 2.14. The number of nitrogens with zero attached hydrogens (tertiary/aromatic N) is 5. The first-order valence-corrected chi connectivity index (χ1v) is 5.39. The highest BCUT2D eigenvalue weighted by molar-refractivity contribution is 6.31. The first-order chi connectivity index (χ1) is 8.04. The van der Waals surface area contributed by atoms with Gasteiger partial charge in [-0.2, -0.15) is 20.1 Å². The monoisotopic (exact) mass is 273 g/mol. The smallest absolute Gasteiger partial charge is 0.229 e. The van der Waals surface area contributed by atoms with Crippen LogP contribution in [0.4, 0.5) is 11.9 Å². The van der Waals surface area contributed by atoms with Crippen LogP contribution in [0.1, 0.15) is 5.69 Å². The van der Waals surface area contributed by atoms with Crippen molar-refractivity contribution in [2.24, 2.45) is 7.05 Å². The molecule has 2 rings (SSSR count). The third kappa shape index (κ3) is 2.95. The molecule has 2 aromatic rings. The molecule has 0 amide bonds. The van der Waals surface area contributed by atoms with Crippen LogP contribution >= 0.6 is 23.2 Å². The maximum absolute atomic E-state index is 5.95. The van der Waals surface area contributed by atoms with Gasteiger partial charge < -0.3 is 11.1 Å². The summed E-state index contributed by atoms with van der Waals surface area (Å²) in [5.41, 5.74) is 6.11.